The van der Waals surface area contributed by atoms with Crippen molar-refractivity contribution < 1.29 is 9.31 Å². The molecule has 0 spiro atoms. The number of nitro groups is 1. The van der Waals surface area contributed by atoms with Gasteiger partial charge in [-0.1, -0.05) is 6.07 Å². The van der Waals surface area contributed by atoms with E-state index in [4.69, 9.17) is 5.84 Å². The Hall–Kier alpha value is -2.19. The van der Waals surface area contributed by atoms with E-state index in [1.807, 2.05) is 0 Å². The highest BCUT2D eigenvalue weighted by Gasteiger charge is 2.19. The first-order chi connectivity index (χ1) is 9.52. The van der Waals surface area contributed by atoms with E-state index in [-0.39, 0.29) is 17.1 Å². The Labute approximate surface area is 122 Å². The molecule has 2 aromatic carbocycles. The number of benzene rings is 2. The topological polar surface area (TPSA) is 93.2 Å². The molecule has 0 saturated heterocycles. The van der Waals surface area contributed by atoms with Gasteiger partial charge in [-0.15, -0.1) is 0 Å². The fraction of sp³-hybridized carbons (Fsp3) is 0. The zero-order chi connectivity index (χ0) is 14.7. The van der Waals surface area contributed by atoms with Gasteiger partial charge in [0.15, 0.2) is 0 Å². The highest BCUT2D eigenvalue weighted by Crippen LogP contribution is 2.36. The minimum Gasteiger partial charge on any atom is -0.349 e. The summed E-state index contributed by atoms with van der Waals surface area (Å²) in [5.41, 5.74) is 2.79. The molecule has 0 saturated carbocycles. The number of nitrogens with zero attached hydrogens (tertiary/aromatic N) is 1. The molecule has 2 aromatic rings. The van der Waals surface area contributed by atoms with Crippen molar-refractivity contribution in [3.63, 3.8) is 0 Å². The van der Waals surface area contributed by atoms with Crippen LogP contribution in [0.5, 0.6) is 0 Å². The van der Waals surface area contributed by atoms with Gasteiger partial charge < -0.3 is 10.7 Å². The van der Waals surface area contributed by atoms with Gasteiger partial charge in [-0.3, -0.25) is 16.0 Å². The van der Waals surface area contributed by atoms with Crippen LogP contribution in [0.15, 0.2) is 40.9 Å². The van der Waals surface area contributed by atoms with Crippen molar-refractivity contribution in [3.05, 3.63) is 56.8 Å². The van der Waals surface area contributed by atoms with Crippen LogP contribution >= 0.6 is 15.9 Å². The van der Waals surface area contributed by atoms with E-state index in [1.165, 1.54) is 30.3 Å². The molecular formula is C12H10BrFN4O2. The maximum absolute atomic E-state index is 13.2. The Balaban J connectivity index is 2.48. The highest BCUT2D eigenvalue weighted by molar-refractivity contribution is 9.10. The number of rotatable bonds is 4. The molecule has 0 unspecified atom stereocenters. The number of hydrogen-bond acceptors (Lipinski definition) is 5. The first kappa shape index (κ1) is 14.2. The zero-order valence-electron chi connectivity index (χ0n) is 10.1. The molecule has 20 heavy (non-hydrogen) atoms. The lowest BCUT2D eigenvalue weighted by Crippen LogP contribution is -2.10. The van der Waals surface area contributed by atoms with Crippen LogP contribution in [-0.4, -0.2) is 4.92 Å². The molecule has 4 N–H and O–H groups in total. The molecule has 0 fully saturated rings. The predicted octanol–water partition coefficient (Wildman–Crippen LogP) is 3.53. The maximum Gasteiger partial charge on any atom is 0.316 e. The Morgan fingerprint density at radius 1 is 1.20 bits per heavy atom. The van der Waals surface area contributed by atoms with E-state index in [0.29, 0.717) is 10.2 Å². The van der Waals surface area contributed by atoms with Crippen LogP contribution in [0.1, 0.15) is 0 Å². The molecule has 0 atom stereocenters. The monoisotopic (exact) mass is 340 g/mol. The number of anilines is 3. The van der Waals surface area contributed by atoms with Crippen molar-refractivity contribution in [2.75, 3.05) is 10.7 Å². The van der Waals surface area contributed by atoms with Gasteiger partial charge in [0.2, 0.25) is 0 Å². The van der Waals surface area contributed by atoms with Crippen molar-refractivity contribution in [1.29, 1.82) is 0 Å². The quantitative estimate of drug-likeness (QED) is 0.449. The van der Waals surface area contributed by atoms with Crippen molar-refractivity contribution in [1.82, 2.24) is 0 Å². The van der Waals surface area contributed by atoms with Crippen LogP contribution in [0.2, 0.25) is 0 Å². The van der Waals surface area contributed by atoms with E-state index in [9.17, 15) is 14.5 Å². The summed E-state index contributed by atoms with van der Waals surface area (Å²) >= 11 is 3.25. The SMILES string of the molecule is NNc1cccc(Nc2cc(F)ccc2Br)c1[N+](=O)[O-]. The second kappa shape index (κ2) is 5.85. The fourth-order valence-electron chi connectivity index (χ4n) is 1.70. The van der Waals surface area contributed by atoms with Crippen LogP contribution < -0.4 is 16.6 Å². The lowest BCUT2D eigenvalue weighted by Gasteiger charge is -2.11. The van der Waals surface area contributed by atoms with E-state index in [1.54, 1.807) is 6.07 Å². The van der Waals surface area contributed by atoms with Crippen molar-refractivity contribution in [2.45, 2.75) is 0 Å². The summed E-state index contributed by atoms with van der Waals surface area (Å²) in [4.78, 5) is 10.6. The van der Waals surface area contributed by atoms with Crippen LogP contribution in [0.4, 0.5) is 27.1 Å². The molecular weight excluding hydrogens is 331 g/mol. The molecule has 0 amide bonds. The van der Waals surface area contributed by atoms with E-state index >= 15 is 0 Å². The molecule has 0 heterocycles. The summed E-state index contributed by atoms with van der Waals surface area (Å²) in [7, 11) is 0. The van der Waals surface area contributed by atoms with Gasteiger partial charge in [-0.05, 0) is 46.3 Å². The Bertz CT molecular complexity index is 666. The molecule has 0 aliphatic heterocycles. The maximum atomic E-state index is 13.2. The number of hydrazine groups is 1. The molecule has 8 heteroatoms. The summed E-state index contributed by atoms with van der Waals surface area (Å²) in [6.07, 6.45) is 0. The lowest BCUT2D eigenvalue weighted by molar-refractivity contribution is -0.383. The number of nitrogen functional groups attached to an aromatic ring is 1. The molecule has 0 aliphatic carbocycles. The second-order valence-corrected chi connectivity index (χ2v) is 4.71. The standard InChI is InChI=1S/C12H10BrFN4O2/c13-8-5-4-7(14)6-11(8)16-9-2-1-3-10(17-15)12(9)18(19)20/h1-6,16-17H,15H2. The summed E-state index contributed by atoms with van der Waals surface area (Å²) < 4.78 is 13.8. The average Bonchev–Trinajstić information content (AvgIpc) is 2.42. The molecule has 6 nitrogen and oxygen atoms in total. The van der Waals surface area contributed by atoms with Gasteiger partial charge in [-0.25, -0.2) is 4.39 Å². The third-order valence-corrected chi connectivity index (χ3v) is 3.26. The highest BCUT2D eigenvalue weighted by atomic mass is 79.9. The van der Waals surface area contributed by atoms with Gasteiger partial charge in [0.1, 0.15) is 17.2 Å². The van der Waals surface area contributed by atoms with Crippen LogP contribution in [0, 0.1) is 15.9 Å². The predicted molar refractivity (Wildman–Crippen MR) is 78.3 cm³/mol. The molecule has 0 aromatic heterocycles. The van der Waals surface area contributed by atoms with Gasteiger partial charge in [0, 0.05) is 4.47 Å². The Morgan fingerprint density at radius 3 is 2.55 bits per heavy atom. The number of nitrogens with one attached hydrogen (secondary N) is 2. The third kappa shape index (κ3) is 2.86. The minimum atomic E-state index is -0.565. The average molecular weight is 341 g/mol. The van der Waals surface area contributed by atoms with E-state index in [0.717, 1.165) is 0 Å². The summed E-state index contributed by atoms with van der Waals surface area (Å²) in [6, 6.07) is 8.60. The molecule has 104 valence electrons. The molecule has 2 rings (SSSR count). The lowest BCUT2D eigenvalue weighted by atomic mass is 10.2. The molecule has 0 radical (unpaired) electrons. The summed E-state index contributed by atoms with van der Waals surface area (Å²) in [5, 5.41) is 13.9. The Morgan fingerprint density at radius 2 is 1.90 bits per heavy atom. The van der Waals surface area contributed by atoms with Gasteiger partial charge in [0.25, 0.3) is 0 Å². The zero-order valence-corrected chi connectivity index (χ0v) is 11.6. The fourth-order valence-corrected chi connectivity index (χ4v) is 2.04. The number of hydrogen-bond donors (Lipinski definition) is 3. The van der Waals surface area contributed by atoms with Gasteiger partial charge in [0.05, 0.1) is 10.6 Å². The second-order valence-electron chi connectivity index (χ2n) is 3.85. The first-order valence-electron chi connectivity index (χ1n) is 5.49. The minimum absolute atomic E-state index is 0.160. The van der Waals surface area contributed by atoms with Crippen LogP contribution in [0.25, 0.3) is 0 Å². The van der Waals surface area contributed by atoms with E-state index < -0.39 is 10.7 Å². The van der Waals surface area contributed by atoms with E-state index in [2.05, 4.69) is 26.7 Å². The van der Waals surface area contributed by atoms with Crippen molar-refractivity contribution in [3.8, 4) is 0 Å². The van der Waals surface area contributed by atoms with Crippen molar-refractivity contribution >= 4 is 38.7 Å². The summed E-state index contributed by atoms with van der Waals surface area (Å²) in [6.45, 7) is 0. The van der Waals surface area contributed by atoms with Crippen molar-refractivity contribution in [2.24, 2.45) is 5.84 Å². The van der Waals surface area contributed by atoms with Gasteiger partial charge in [-0.2, -0.15) is 0 Å². The number of nitro benzene ring substituents is 1. The smallest absolute Gasteiger partial charge is 0.316 e. The van der Waals surface area contributed by atoms with Crippen LogP contribution in [-0.2, 0) is 0 Å². The largest absolute Gasteiger partial charge is 0.349 e. The van der Waals surface area contributed by atoms with Gasteiger partial charge >= 0.3 is 5.69 Å². The third-order valence-electron chi connectivity index (χ3n) is 2.57. The molecule has 0 aliphatic rings. The normalized spacial score (nSPS) is 10.2. The number of para-hydroxylation sites is 1. The number of nitrogens with two attached hydrogens (primary N) is 1. The summed E-state index contributed by atoms with van der Waals surface area (Å²) in [5.74, 6) is 4.80. The Kier molecular flexibility index (Phi) is 4.16. The number of halogens is 2. The van der Waals surface area contributed by atoms with Crippen LogP contribution in [0.3, 0.4) is 0 Å². The first-order valence-corrected chi connectivity index (χ1v) is 6.28. The molecule has 0 bridgehead atoms.